The Kier molecular flexibility index (Phi) is 3.45. The van der Waals surface area contributed by atoms with Gasteiger partial charge in [-0.15, -0.1) is 6.58 Å². The van der Waals surface area contributed by atoms with Crippen molar-refractivity contribution in [1.82, 2.24) is 9.55 Å². The third-order valence-electron chi connectivity index (χ3n) is 1.84. The number of ether oxygens (including phenoxy) is 1. The number of allylic oxidation sites excluding steroid dienone is 1. The highest BCUT2D eigenvalue weighted by atomic mass is 16.5. The Morgan fingerprint density at radius 3 is 3.00 bits per heavy atom. The van der Waals surface area contributed by atoms with Crippen LogP contribution in [0.3, 0.4) is 0 Å². The number of hydrogen-bond donors (Lipinski definition) is 0. The highest BCUT2D eigenvalue weighted by Crippen LogP contribution is 2.04. The van der Waals surface area contributed by atoms with E-state index in [9.17, 15) is 4.79 Å². The minimum absolute atomic E-state index is 0.0869. The number of rotatable bonds is 4. The molecule has 0 aromatic carbocycles. The first-order valence-electron chi connectivity index (χ1n) is 4.42. The fourth-order valence-electron chi connectivity index (χ4n) is 1.18. The largest absolute Gasteiger partial charge is 0.468 e. The summed E-state index contributed by atoms with van der Waals surface area (Å²) in [6.07, 6.45) is 2.48. The number of hydrogen-bond acceptors (Lipinski definition) is 3. The summed E-state index contributed by atoms with van der Waals surface area (Å²) >= 11 is 0. The predicted molar refractivity (Wildman–Crippen MR) is 54.6 cm³/mol. The highest BCUT2D eigenvalue weighted by molar-refractivity contribution is 5.06. The Balaban J connectivity index is 3.11. The van der Waals surface area contributed by atoms with E-state index in [4.69, 9.17) is 4.74 Å². The average molecular weight is 194 g/mol. The molecule has 4 heteroatoms. The smallest absolute Gasteiger partial charge is 0.299 e. The lowest BCUT2D eigenvalue weighted by Gasteiger charge is -2.09. The molecule has 14 heavy (non-hydrogen) atoms. The topological polar surface area (TPSA) is 44.1 Å². The molecule has 0 aliphatic rings. The van der Waals surface area contributed by atoms with Crippen molar-refractivity contribution in [2.24, 2.45) is 0 Å². The average Bonchev–Trinajstić information content (AvgIpc) is 2.15. The molecule has 0 aliphatic heterocycles. The number of aromatic nitrogens is 2. The number of nitrogens with zero attached hydrogens (tertiary/aromatic N) is 2. The van der Waals surface area contributed by atoms with E-state index in [1.165, 1.54) is 17.7 Å². The first-order valence-corrected chi connectivity index (χ1v) is 4.42. The van der Waals surface area contributed by atoms with Crippen molar-refractivity contribution in [3.63, 3.8) is 0 Å². The van der Waals surface area contributed by atoms with Crippen LogP contribution in [0.2, 0.25) is 0 Å². The molecule has 1 rings (SSSR count). The van der Waals surface area contributed by atoms with E-state index in [2.05, 4.69) is 11.6 Å². The molecule has 1 aromatic heterocycles. The van der Waals surface area contributed by atoms with Gasteiger partial charge < -0.3 is 4.74 Å². The summed E-state index contributed by atoms with van der Waals surface area (Å²) < 4.78 is 6.52. The number of methoxy groups -OCH3 is 1. The third kappa shape index (κ3) is 2.22. The molecule has 0 fully saturated rings. The lowest BCUT2D eigenvalue weighted by atomic mass is 10.4. The van der Waals surface area contributed by atoms with E-state index in [1.54, 1.807) is 13.0 Å². The van der Waals surface area contributed by atoms with Gasteiger partial charge in [-0.25, -0.2) is 4.98 Å². The lowest BCUT2D eigenvalue weighted by Crippen LogP contribution is -2.22. The maximum absolute atomic E-state index is 11.5. The summed E-state index contributed by atoms with van der Waals surface area (Å²) in [6.45, 7) is 5.92. The maximum atomic E-state index is 11.5. The van der Waals surface area contributed by atoms with E-state index in [0.717, 1.165) is 6.42 Å². The monoisotopic (exact) mass is 194 g/mol. The lowest BCUT2D eigenvalue weighted by molar-refractivity contribution is 0.345. The quantitative estimate of drug-likeness (QED) is 0.675. The van der Waals surface area contributed by atoms with Crippen molar-refractivity contribution in [1.29, 1.82) is 0 Å². The fraction of sp³-hybridized carbons (Fsp3) is 0.400. The third-order valence-corrected chi connectivity index (χ3v) is 1.84. The van der Waals surface area contributed by atoms with Crippen LogP contribution in [-0.2, 0) is 6.54 Å². The van der Waals surface area contributed by atoms with Crippen LogP contribution >= 0.6 is 0 Å². The molecule has 1 heterocycles. The summed E-state index contributed by atoms with van der Waals surface area (Å²) in [5.74, 6) is 0. The molecule has 0 unspecified atom stereocenters. The Morgan fingerprint density at radius 1 is 1.71 bits per heavy atom. The summed E-state index contributed by atoms with van der Waals surface area (Å²) in [5, 5.41) is 0. The van der Waals surface area contributed by atoms with Crippen molar-refractivity contribution in [3.05, 3.63) is 34.8 Å². The van der Waals surface area contributed by atoms with Crippen molar-refractivity contribution in [3.8, 4) is 6.01 Å². The first kappa shape index (κ1) is 10.5. The zero-order chi connectivity index (χ0) is 10.6. The van der Waals surface area contributed by atoms with E-state index < -0.39 is 0 Å². The molecule has 0 radical (unpaired) electrons. The van der Waals surface area contributed by atoms with Gasteiger partial charge in [0.1, 0.15) is 0 Å². The Bertz CT molecular complexity index is 382. The summed E-state index contributed by atoms with van der Waals surface area (Å²) in [4.78, 5) is 15.6. The minimum Gasteiger partial charge on any atom is -0.468 e. The van der Waals surface area contributed by atoms with Gasteiger partial charge in [0.2, 0.25) is 0 Å². The highest BCUT2D eigenvalue weighted by Gasteiger charge is 2.05. The van der Waals surface area contributed by atoms with Crippen LogP contribution in [0.25, 0.3) is 0 Å². The zero-order valence-electron chi connectivity index (χ0n) is 8.49. The van der Waals surface area contributed by atoms with Gasteiger partial charge in [-0.2, -0.15) is 0 Å². The van der Waals surface area contributed by atoms with E-state index in [0.29, 0.717) is 18.2 Å². The molecule has 0 amide bonds. The van der Waals surface area contributed by atoms with Crippen molar-refractivity contribution in [2.75, 3.05) is 7.11 Å². The van der Waals surface area contributed by atoms with Crippen molar-refractivity contribution < 1.29 is 4.74 Å². The molecular formula is C10H14N2O2. The molecule has 0 aliphatic carbocycles. The van der Waals surface area contributed by atoms with Gasteiger partial charge in [0.05, 0.1) is 7.11 Å². The Morgan fingerprint density at radius 2 is 2.43 bits per heavy atom. The second-order valence-electron chi connectivity index (χ2n) is 2.95. The maximum Gasteiger partial charge on any atom is 0.299 e. The fourth-order valence-corrected chi connectivity index (χ4v) is 1.18. The molecule has 0 atom stereocenters. The van der Waals surface area contributed by atoms with Gasteiger partial charge in [-0.05, 0) is 13.3 Å². The zero-order valence-corrected chi connectivity index (χ0v) is 8.49. The Hall–Kier alpha value is -1.58. The molecule has 0 saturated heterocycles. The van der Waals surface area contributed by atoms with Crippen LogP contribution in [0.1, 0.15) is 12.1 Å². The molecule has 0 saturated carbocycles. The second kappa shape index (κ2) is 4.60. The summed E-state index contributed by atoms with van der Waals surface area (Å²) in [6, 6.07) is 1.85. The van der Waals surface area contributed by atoms with Crippen molar-refractivity contribution in [2.45, 2.75) is 19.9 Å². The Labute approximate surface area is 82.9 Å². The standard InChI is InChI=1S/C10H14N2O2/c1-4-5-6-12-9(13)7-8(2)11-10(12)14-3/h4,7H,1,5-6H2,2-3H3. The van der Waals surface area contributed by atoms with Crippen LogP contribution < -0.4 is 10.3 Å². The molecule has 0 spiro atoms. The minimum atomic E-state index is -0.0869. The molecule has 0 bridgehead atoms. The normalized spacial score (nSPS) is 9.86. The predicted octanol–water partition coefficient (Wildman–Crippen LogP) is 1.14. The molecule has 0 N–H and O–H groups in total. The first-order chi connectivity index (χ1) is 6.69. The van der Waals surface area contributed by atoms with E-state index in [1.807, 2.05) is 0 Å². The molecule has 76 valence electrons. The molecular weight excluding hydrogens is 180 g/mol. The van der Waals surface area contributed by atoms with E-state index in [-0.39, 0.29) is 5.56 Å². The van der Waals surface area contributed by atoms with Gasteiger partial charge >= 0.3 is 0 Å². The van der Waals surface area contributed by atoms with Gasteiger partial charge in [-0.1, -0.05) is 6.08 Å². The summed E-state index contributed by atoms with van der Waals surface area (Å²) in [5.41, 5.74) is 0.581. The van der Waals surface area contributed by atoms with Crippen LogP contribution in [0, 0.1) is 6.92 Å². The van der Waals surface area contributed by atoms with Crippen LogP contribution in [0.15, 0.2) is 23.5 Å². The van der Waals surface area contributed by atoms with Gasteiger partial charge in [-0.3, -0.25) is 9.36 Å². The summed E-state index contributed by atoms with van der Waals surface area (Å²) in [7, 11) is 1.51. The van der Waals surface area contributed by atoms with Gasteiger partial charge in [0, 0.05) is 18.3 Å². The van der Waals surface area contributed by atoms with Crippen LogP contribution in [-0.4, -0.2) is 16.7 Å². The van der Waals surface area contributed by atoms with E-state index >= 15 is 0 Å². The van der Waals surface area contributed by atoms with Crippen LogP contribution in [0.4, 0.5) is 0 Å². The second-order valence-corrected chi connectivity index (χ2v) is 2.95. The SMILES string of the molecule is C=CCCn1c(OC)nc(C)cc1=O. The van der Waals surface area contributed by atoms with Crippen LogP contribution in [0.5, 0.6) is 6.01 Å². The number of aryl methyl sites for hydroxylation is 1. The molecule has 4 nitrogen and oxygen atoms in total. The van der Waals surface area contributed by atoms with Crippen molar-refractivity contribution >= 4 is 0 Å². The van der Waals surface area contributed by atoms with Gasteiger partial charge in [0.25, 0.3) is 11.6 Å². The molecule has 1 aromatic rings. The van der Waals surface area contributed by atoms with Gasteiger partial charge in [0.15, 0.2) is 0 Å².